The highest BCUT2D eigenvalue weighted by Crippen LogP contribution is 2.30. The molecule has 1 amide bonds. The molecule has 0 spiro atoms. The number of nitrogens with zero attached hydrogens (tertiary/aromatic N) is 5. The van der Waals surface area contributed by atoms with Crippen LogP contribution in [-0.2, 0) is 11.3 Å². The Morgan fingerprint density at radius 2 is 2.07 bits per heavy atom. The van der Waals surface area contributed by atoms with Gasteiger partial charge in [0.1, 0.15) is 19.8 Å². The maximum absolute atomic E-state index is 12.9. The van der Waals surface area contributed by atoms with E-state index in [1.54, 1.807) is 31.4 Å². The van der Waals surface area contributed by atoms with Crippen LogP contribution in [0.3, 0.4) is 0 Å². The maximum atomic E-state index is 12.9. The van der Waals surface area contributed by atoms with Crippen molar-refractivity contribution in [2.45, 2.75) is 6.61 Å². The average Bonchev–Trinajstić information content (AvgIpc) is 3.18. The topological polar surface area (TPSA) is 122 Å². The molecule has 0 radical (unpaired) electrons. The molecule has 11 nitrogen and oxygen atoms in total. The number of carbonyl (C=O) groups is 1. The standard InChI is InChI=1S/C19H16N6O5/c1-28-10-16-21-19-20-9-12-13(25(19)22-16)4-5-24(18(12)27)23-17(26)11-2-3-14-15(8-11)30-7-6-29-14/h2-5,8-9H,6-7,10H2,1H3,(H,23,26). The van der Waals surface area contributed by atoms with E-state index in [0.29, 0.717) is 47.4 Å². The number of benzene rings is 1. The number of amides is 1. The highest BCUT2D eigenvalue weighted by Gasteiger charge is 2.16. The van der Waals surface area contributed by atoms with Gasteiger partial charge in [0.2, 0.25) is 0 Å². The van der Waals surface area contributed by atoms with Crippen LogP contribution in [0.25, 0.3) is 16.7 Å². The lowest BCUT2D eigenvalue weighted by Gasteiger charge is -2.18. The Morgan fingerprint density at radius 3 is 2.90 bits per heavy atom. The zero-order valence-electron chi connectivity index (χ0n) is 15.9. The third-order valence-electron chi connectivity index (χ3n) is 4.58. The van der Waals surface area contributed by atoms with E-state index in [4.69, 9.17) is 14.2 Å². The van der Waals surface area contributed by atoms with E-state index in [2.05, 4.69) is 20.5 Å². The van der Waals surface area contributed by atoms with Crippen LogP contribution in [0.1, 0.15) is 16.2 Å². The van der Waals surface area contributed by atoms with Crippen LogP contribution in [0, 0.1) is 0 Å². The average molecular weight is 408 g/mol. The third kappa shape index (κ3) is 3.01. The number of pyridine rings is 1. The summed E-state index contributed by atoms with van der Waals surface area (Å²) in [5.74, 6) is 1.41. The number of fused-ring (bicyclic) bond motifs is 4. The molecule has 4 heterocycles. The SMILES string of the molecule is COCc1nc2ncc3c(=O)n(NC(=O)c4ccc5c(c4)OCCO5)ccc3n2n1. The van der Waals surface area contributed by atoms with Crippen molar-refractivity contribution in [3.05, 3.63) is 58.4 Å². The molecule has 152 valence electrons. The monoisotopic (exact) mass is 408 g/mol. The summed E-state index contributed by atoms with van der Waals surface area (Å²) in [5.41, 5.74) is 2.98. The van der Waals surface area contributed by atoms with Crippen LogP contribution in [0.2, 0.25) is 0 Å². The zero-order valence-corrected chi connectivity index (χ0v) is 15.9. The van der Waals surface area contributed by atoms with Gasteiger partial charge in [0.25, 0.3) is 17.2 Å². The van der Waals surface area contributed by atoms with Gasteiger partial charge in [-0.25, -0.2) is 9.66 Å². The molecular formula is C19H16N6O5. The van der Waals surface area contributed by atoms with Gasteiger partial charge in [0.05, 0.1) is 10.9 Å². The molecular weight excluding hydrogens is 392 g/mol. The highest BCUT2D eigenvalue weighted by atomic mass is 16.6. The van der Waals surface area contributed by atoms with Crippen molar-refractivity contribution in [3.8, 4) is 11.5 Å². The lowest BCUT2D eigenvalue weighted by atomic mass is 10.2. The number of ether oxygens (including phenoxy) is 3. The molecule has 0 unspecified atom stereocenters. The lowest BCUT2D eigenvalue weighted by Crippen LogP contribution is -2.33. The van der Waals surface area contributed by atoms with Crippen molar-refractivity contribution in [1.82, 2.24) is 24.3 Å². The van der Waals surface area contributed by atoms with Gasteiger partial charge in [-0.05, 0) is 24.3 Å². The fraction of sp³-hybridized carbons (Fsp3) is 0.211. The second-order valence-corrected chi connectivity index (χ2v) is 6.52. The molecule has 1 N–H and O–H groups in total. The van der Waals surface area contributed by atoms with Crippen molar-refractivity contribution in [1.29, 1.82) is 0 Å². The highest BCUT2D eigenvalue weighted by molar-refractivity contribution is 6.00. The summed E-state index contributed by atoms with van der Waals surface area (Å²) < 4.78 is 18.6. The zero-order chi connectivity index (χ0) is 20.7. The fourth-order valence-corrected chi connectivity index (χ4v) is 3.20. The first kappa shape index (κ1) is 18.1. The van der Waals surface area contributed by atoms with Crippen LogP contribution >= 0.6 is 0 Å². The van der Waals surface area contributed by atoms with Crippen molar-refractivity contribution >= 4 is 22.6 Å². The number of rotatable bonds is 4. The minimum atomic E-state index is -0.467. The van der Waals surface area contributed by atoms with Crippen LogP contribution in [-0.4, -0.2) is 50.5 Å². The normalized spacial score (nSPS) is 13.0. The Morgan fingerprint density at radius 1 is 1.23 bits per heavy atom. The van der Waals surface area contributed by atoms with Gasteiger partial charge in [0, 0.05) is 25.1 Å². The number of methoxy groups -OCH3 is 1. The van der Waals surface area contributed by atoms with E-state index in [9.17, 15) is 9.59 Å². The molecule has 0 bridgehead atoms. The summed E-state index contributed by atoms with van der Waals surface area (Å²) in [6, 6.07) is 6.50. The number of hydrogen-bond donors (Lipinski definition) is 1. The van der Waals surface area contributed by atoms with Crippen molar-refractivity contribution < 1.29 is 19.0 Å². The first-order valence-corrected chi connectivity index (χ1v) is 9.10. The molecule has 1 aromatic carbocycles. The molecule has 30 heavy (non-hydrogen) atoms. The Hall–Kier alpha value is -3.99. The Bertz CT molecular complexity index is 1340. The summed E-state index contributed by atoms with van der Waals surface area (Å²) in [4.78, 5) is 34.0. The van der Waals surface area contributed by atoms with Gasteiger partial charge in [-0.1, -0.05) is 0 Å². The molecule has 1 aliphatic heterocycles. The summed E-state index contributed by atoms with van der Waals surface area (Å²) in [6.07, 6.45) is 2.86. The molecule has 0 fully saturated rings. The van der Waals surface area contributed by atoms with E-state index < -0.39 is 11.5 Å². The van der Waals surface area contributed by atoms with E-state index in [0.717, 1.165) is 4.68 Å². The molecule has 0 atom stereocenters. The Kier molecular flexibility index (Phi) is 4.29. The van der Waals surface area contributed by atoms with Crippen molar-refractivity contribution in [2.75, 3.05) is 25.7 Å². The molecule has 1 aliphatic rings. The molecule has 3 aromatic heterocycles. The third-order valence-corrected chi connectivity index (χ3v) is 4.58. The molecule has 4 aromatic rings. The van der Waals surface area contributed by atoms with Gasteiger partial charge in [0.15, 0.2) is 17.3 Å². The summed E-state index contributed by atoms with van der Waals surface area (Å²) in [5, 5.41) is 4.59. The maximum Gasteiger partial charge on any atom is 0.280 e. The minimum Gasteiger partial charge on any atom is -0.486 e. The second kappa shape index (κ2) is 7.12. The largest absolute Gasteiger partial charge is 0.486 e. The first-order valence-electron chi connectivity index (χ1n) is 9.10. The number of carbonyl (C=O) groups excluding carboxylic acids is 1. The second-order valence-electron chi connectivity index (χ2n) is 6.52. The molecule has 11 heteroatoms. The first-order chi connectivity index (χ1) is 14.6. The number of hydrogen-bond acceptors (Lipinski definition) is 8. The number of aromatic nitrogens is 5. The summed E-state index contributed by atoms with van der Waals surface area (Å²) >= 11 is 0. The fourth-order valence-electron chi connectivity index (χ4n) is 3.20. The quantitative estimate of drug-likeness (QED) is 0.525. The van der Waals surface area contributed by atoms with Crippen LogP contribution in [0.4, 0.5) is 0 Å². The summed E-state index contributed by atoms with van der Waals surface area (Å²) in [7, 11) is 1.54. The van der Waals surface area contributed by atoms with E-state index >= 15 is 0 Å². The predicted molar refractivity (Wildman–Crippen MR) is 104 cm³/mol. The lowest BCUT2D eigenvalue weighted by molar-refractivity contribution is 0.101. The summed E-state index contributed by atoms with van der Waals surface area (Å²) in [6.45, 7) is 1.11. The number of nitrogens with one attached hydrogen (secondary N) is 1. The van der Waals surface area contributed by atoms with Gasteiger partial charge < -0.3 is 14.2 Å². The van der Waals surface area contributed by atoms with Gasteiger partial charge >= 0.3 is 0 Å². The van der Waals surface area contributed by atoms with Gasteiger partial charge in [-0.2, -0.15) is 9.50 Å². The Balaban J connectivity index is 1.48. The minimum absolute atomic E-state index is 0.230. The predicted octanol–water partition coefficient (Wildman–Crippen LogP) is 0.741. The van der Waals surface area contributed by atoms with Gasteiger partial charge in [-0.3, -0.25) is 15.0 Å². The molecule has 0 aliphatic carbocycles. The van der Waals surface area contributed by atoms with E-state index in [1.807, 2.05) is 0 Å². The van der Waals surface area contributed by atoms with E-state index in [1.165, 1.54) is 16.9 Å². The molecule has 0 saturated carbocycles. The smallest absolute Gasteiger partial charge is 0.280 e. The van der Waals surface area contributed by atoms with Gasteiger partial charge in [-0.15, -0.1) is 5.10 Å². The van der Waals surface area contributed by atoms with Crippen LogP contribution in [0.15, 0.2) is 41.5 Å². The van der Waals surface area contributed by atoms with Crippen LogP contribution < -0.4 is 20.5 Å². The molecule has 5 rings (SSSR count). The van der Waals surface area contributed by atoms with E-state index in [-0.39, 0.29) is 12.0 Å². The Labute approximate surface area is 168 Å². The van der Waals surface area contributed by atoms with Crippen molar-refractivity contribution in [2.24, 2.45) is 0 Å². The van der Waals surface area contributed by atoms with Crippen LogP contribution in [0.5, 0.6) is 11.5 Å². The molecule has 0 saturated heterocycles. The van der Waals surface area contributed by atoms with Crippen molar-refractivity contribution in [3.63, 3.8) is 0 Å².